The molecule has 0 aliphatic heterocycles. The number of carbonyl (C=O) groups excluding carboxylic acids is 3. The molecule has 0 spiro atoms. The first-order chi connectivity index (χ1) is 17.4. The summed E-state index contributed by atoms with van der Waals surface area (Å²) in [4.78, 5) is 37.0. The van der Waals surface area contributed by atoms with Crippen molar-refractivity contribution in [2.75, 3.05) is 6.61 Å². The Morgan fingerprint density at radius 3 is 1.78 bits per heavy atom. The number of rotatable bonds is 11. The highest BCUT2D eigenvalue weighted by molar-refractivity contribution is 9.09. The van der Waals surface area contributed by atoms with Crippen LogP contribution in [0.5, 0.6) is 0 Å². The lowest BCUT2D eigenvalue weighted by molar-refractivity contribution is -0.151. The van der Waals surface area contributed by atoms with Crippen LogP contribution < -0.4 is 0 Å². The number of esters is 3. The zero-order valence-corrected chi connectivity index (χ0v) is 21.8. The molecule has 0 saturated carbocycles. The molecule has 0 N–H and O–H groups in total. The maximum Gasteiger partial charge on any atom is 0.338 e. The second-order valence-corrected chi connectivity index (χ2v) is 9.33. The van der Waals surface area contributed by atoms with Crippen molar-refractivity contribution < 1.29 is 28.6 Å². The molecule has 0 aliphatic rings. The standard InChI is InChI=1S/C29H29BrO6/c1-20(27(35-21(2)31)26(30)22-12-6-3-7-13-22)25(36-29(33)24-16-10-5-11-17-24)18-19-34-28(32)23-14-8-4-9-15-23/h3-17,20,25-27H,18-19H2,1-2H3/t20-,25+,26+,27-/m1/s1. The third-order valence-electron chi connectivity index (χ3n) is 5.73. The molecule has 0 amide bonds. The van der Waals surface area contributed by atoms with Gasteiger partial charge in [-0.25, -0.2) is 9.59 Å². The summed E-state index contributed by atoms with van der Waals surface area (Å²) in [6.07, 6.45) is -1.12. The molecule has 0 unspecified atom stereocenters. The summed E-state index contributed by atoms with van der Waals surface area (Å²) in [6.45, 7) is 3.22. The van der Waals surface area contributed by atoms with Gasteiger partial charge in [0.1, 0.15) is 12.2 Å². The quantitative estimate of drug-likeness (QED) is 0.161. The van der Waals surface area contributed by atoms with Crippen LogP contribution in [0.4, 0.5) is 0 Å². The zero-order chi connectivity index (χ0) is 25.9. The SMILES string of the molecule is CC(=O)O[C@H]([C@H](C)[C@H](CCOC(=O)c1ccccc1)OC(=O)c1ccccc1)[C@@H](Br)c1ccccc1. The summed E-state index contributed by atoms with van der Waals surface area (Å²) in [6, 6.07) is 26.9. The van der Waals surface area contributed by atoms with Gasteiger partial charge < -0.3 is 14.2 Å². The normalized spacial score (nSPS) is 14.1. The molecule has 3 aromatic carbocycles. The van der Waals surface area contributed by atoms with E-state index >= 15 is 0 Å². The minimum atomic E-state index is -0.700. The minimum absolute atomic E-state index is 0.0237. The third-order valence-corrected chi connectivity index (χ3v) is 6.78. The van der Waals surface area contributed by atoms with E-state index in [-0.39, 0.29) is 17.9 Å². The van der Waals surface area contributed by atoms with E-state index in [4.69, 9.17) is 14.2 Å². The Labute approximate surface area is 219 Å². The molecule has 0 bridgehead atoms. The third kappa shape index (κ3) is 7.78. The van der Waals surface area contributed by atoms with Gasteiger partial charge in [0, 0.05) is 19.3 Å². The summed E-state index contributed by atoms with van der Waals surface area (Å²) in [5.74, 6) is -1.85. The summed E-state index contributed by atoms with van der Waals surface area (Å²) in [5.41, 5.74) is 1.75. The smallest absolute Gasteiger partial charge is 0.338 e. The summed E-state index contributed by atoms with van der Waals surface area (Å²) >= 11 is 3.68. The van der Waals surface area contributed by atoms with Crippen molar-refractivity contribution in [1.29, 1.82) is 0 Å². The van der Waals surface area contributed by atoms with Crippen molar-refractivity contribution in [1.82, 2.24) is 0 Å². The van der Waals surface area contributed by atoms with Crippen molar-refractivity contribution in [3.63, 3.8) is 0 Å². The van der Waals surface area contributed by atoms with Gasteiger partial charge in [0.2, 0.25) is 0 Å². The highest BCUT2D eigenvalue weighted by atomic mass is 79.9. The Hall–Kier alpha value is -3.45. The number of alkyl halides is 1. The maximum absolute atomic E-state index is 12.9. The Morgan fingerprint density at radius 1 is 0.750 bits per heavy atom. The number of halogens is 1. The van der Waals surface area contributed by atoms with Gasteiger partial charge in [0.15, 0.2) is 0 Å². The molecule has 0 fully saturated rings. The van der Waals surface area contributed by atoms with Crippen LogP contribution in [0.3, 0.4) is 0 Å². The van der Waals surface area contributed by atoms with E-state index in [1.807, 2.05) is 49.4 Å². The largest absolute Gasteiger partial charge is 0.462 e. The van der Waals surface area contributed by atoms with E-state index in [0.717, 1.165) is 5.56 Å². The van der Waals surface area contributed by atoms with Crippen LogP contribution in [-0.4, -0.2) is 36.7 Å². The van der Waals surface area contributed by atoms with Crippen LogP contribution >= 0.6 is 15.9 Å². The average Bonchev–Trinajstić information content (AvgIpc) is 2.91. The Balaban J connectivity index is 1.80. The van der Waals surface area contributed by atoms with Gasteiger partial charge in [-0.1, -0.05) is 89.6 Å². The number of ether oxygens (including phenoxy) is 3. The number of hydrogen-bond acceptors (Lipinski definition) is 6. The lowest BCUT2D eigenvalue weighted by atomic mass is 9.91. The van der Waals surface area contributed by atoms with Crippen molar-refractivity contribution in [2.45, 2.75) is 37.3 Å². The summed E-state index contributed by atoms with van der Waals surface area (Å²) < 4.78 is 17.1. The van der Waals surface area contributed by atoms with E-state index in [0.29, 0.717) is 11.1 Å². The predicted octanol–water partition coefficient (Wildman–Crippen LogP) is 6.16. The van der Waals surface area contributed by atoms with Gasteiger partial charge in [0.05, 0.1) is 22.6 Å². The van der Waals surface area contributed by atoms with E-state index in [2.05, 4.69) is 15.9 Å². The topological polar surface area (TPSA) is 78.9 Å². The second kappa shape index (κ2) is 13.6. The van der Waals surface area contributed by atoms with Crippen molar-refractivity contribution >= 4 is 33.8 Å². The number of carbonyl (C=O) groups is 3. The van der Waals surface area contributed by atoms with E-state index in [9.17, 15) is 14.4 Å². The van der Waals surface area contributed by atoms with Gasteiger partial charge >= 0.3 is 17.9 Å². The maximum atomic E-state index is 12.9. The van der Waals surface area contributed by atoms with Crippen molar-refractivity contribution in [3.8, 4) is 0 Å². The molecule has 6 nitrogen and oxygen atoms in total. The van der Waals surface area contributed by atoms with Crippen LogP contribution in [0.15, 0.2) is 91.0 Å². The molecule has 0 radical (unpaired) electrons. The molecule has 0 aliphatic carbocycles. The van der Waals surface area contributed by atoms with Gasteiger partial charge in [0.25, 0.3) is 0 Å². The lowest BCUT2D eigenvalue weighted by Crippen LogP contribution is -2.39. The van der Waals surface area contributed by atoms with Crippen molar-refractivity contribution in [2.24, 2.45) is 5.92 Å². The van der Waals surface area contributed by atoms with E-state index < -0.39 is 36.0 Å². The predicted molar refractivity (Wildman–Crippen MR) is 140 cm³/mol. The molecule has 3 aromatic rings. The highest BCUT2D eigenvalue weighted by Crippen LogP contribution is 2.35. The van der Waals surface area contributed by atoms with Crippen LogP contribution in [0.2, 0.25) is 0 Å². The first-order valence-electron chi connectivity index (χ1n) is 11.7. The first-order valence-corrected chi connectivity index (χ1v) is 12.6. The second-order valence-electron chi connectivity index (χ2n) is 8.35. The fourth-order valence-corrected chi connectivity index (χ4v) is 4.69. The molecule has 188 valence electrons. The van der Waals surface area contributed by atoms with Crippen LogP contribution in [0.25, 0.3) is 0 Å². The summed E-state index contributed by atoms with van der Waals surface area (Å²) in [7, 11) is 0. The van der Waals surface area contributed by atoms with Gasteiger partial charge in [-0.2, -0.15) is 0 Å². The average molecular weight is 553 g/mol. The molecule has 7 heteroatoms. The number of benzene rings is 3. The highest BCUT2D eigenvalue weighted by Gasteiger charge is 2.36. The molecule has 0 saturated heterocycles. The monoisotopic (exact) mass is 552 g/mol. The Bertz CT molecular complexity index is 1120. The molecular weight excluding hydrogens is 524 g/mol. The molecule has 0 aromatic heterocycles. The van der Waals surface area contributed by atoms with Crippen LogP contribution in [0.1, 0.15) is 51.4 Å². The molecule has 36 heavy (non-hydrogen) atoms. The van der Waals surface area contributed by atoms with Crippen LogP contribution in [-0.2, 0) is 19.0 Å². The molecule has 0 heterocycles. The lowest BCUT2D eigenvalue weighted by Gasteiger charge is -2.33. The molecule has 3 rings (SSSR count). The molecule has 4 atom stereocenters. The van der Waals surface area contributed by atoms with Gasteiger partial charge in [-0.05, 0) is 29.8 Å². The number of hydrogen-bond donors (Lipinski definition) is 0. The fourth-order valence-electron chi connectivity index (χ4n) is 3.80. The minimum Gasteiger partial charge on any atom is -0.462 e. The van der Waals surface area contributed by atoms with E-state index in [1.165, 1.54) is 6.92 Å². The van der Waals surface area contributed by atoms with E-state index in [1.54, 1.807) is 48.5 Å². The zero-order valence-electron chi connectivity index (χ0n) is 20.2. The van der Waals surface area contributed by atoms with Gasteiger partial charge in [-0.3, -0.25) is 4.79 Å². The summed E-state index contributed by atoms with van der Waals surface area (Å²) in [5, 5.41) is 0. The first kappa shape index (κ1) is 27.1. The molecular formula is C29H29BrO6. The Kier molecular flexibility index (Phi) is 10.2. The van der Waals surface area contributed by atoms with Crippen molar-refractivity contribution in [3.05, 3.63) is 108 Å². The van der Waals surface area contributed by atoms with Crippen LogP contribution in [0, 0.1) is 5.92 Å². The Morgan fingerprint density at radius 2 is 1.25 bits per heavy atom. The fraction of sp³-hybridized carbons (Fsp3) is 0.276. The van der Waals surface area contributed by atoms with Gasteiger partial charge in [-0.15, -0.1) is 0 Å².